The van der Waals surface area contributed by atoms with Crippen molar-refractivity contribution in [1.29, 1.82) is 0 Å². The summed E-state index contributed by atoms with van der Waals surface area (Å²) in [7, 11) is 1.28. The van der Waals surface area contributed by atoms with Crippen LogP contribution in [0.1, 0.15) is 33.5 Å². The minimum atomic E-state index is -0.729. The first kappa shape index (κ1) is 24.7. The van der Waals surface area contributed by atoms with E-state index in [1.165, 1.54) is 13.1 Å². The third kappa shape index (κ3) is 4.99. The van der Waals surface area contributed by atoms with Crippen molar-refractivity contribution in [2.45, 2.75) is 26.3 Å². The summed E-state index contributed by atoms with van der Waals surface area (Å²) in [5.41, 5.74) is 1.54. The zero-order chi connectivity index (χ0) is 26.0. The molecule has 0 spiro atoms. The number of fused-ring (bicyclic) bond motifs is 1. The number of benzene rings is 2. The number of hydrogen-bond acceptors (Lipinski definition) is 5. The molecule has 0 saturated heterocycles. The molecule has 4 rings (SSSR count). The molecular formula is C26H21ClN4O5. The van der Waals surface area contributed by atoms with Gasteiger partial charge in [-0.25, -0.2) is 4.79 Å². The van der Waals surface area contributed by atoms with Crippen LogP contribution in [0.4, 0.5) is 11.4 Å². The van der Waals surface area contributed by atoms with E-state index >= 15 is 0 Å². The number of rotatable bonds is 5. The molecule has 1 aliphatic rings. The first-order valence-corrected chi connectivity index (χ1v) is 11.4. The zero-order valence-electron chi connectivity index (χ0n) is 19.5. The molecule has 2 heterocycles. The number of hydrogen-bond donors (Lipinski definition) is 2. The fourth-order valence-corrected chi connectivity index (χ4v) is 3.90. The van der Waals surface area contributed by atoms with Crippen LogP contribution in [0, 0.1) is 18.8 Å². The van der Waals surface area contributed by atoms with E-state index in [0.29, 0.717) is 17.7 Å². The normalized spacial score (nSPS) is 12.0. The van der Waals surface area contributed by atoms with E-state index in [4.69, 9.17) is 11.6 Å². The molecular weight excluding hydrogens is 484 g/mol. The van der Waals surface area contributed by atoms with Gasteiger partial charge in [-0.1, -0.05) is 53.3 Å². The van der Waals surface area contributed by atoms with Crippen molar-refractivity contribution in [3.05, 3.63) is 90.7 Å². The summed E-state index contributed by atoms with van der Waals surface area (Å²) in [5, 5.41) is 4.75. The highest BCUT2D eigenvalue weighted by Gasteiger charge is 2.27. The molecule has 0 atom stereocenters. The molecule has 0 fully saturated rings. The number of nitrogens with zero attached hydrogens (tertiary/aromatic N) is 2. The van der Waals surface area contributed by atoms with Gasteiger partial charge in [0.25, 0.3) is 17.2 Å². The Balaban J connectivity index is 1.53. The number of aromatic nitrogens is 2. The Morgan fingerprint density at radius 1 is 1.08 bits per heavy atom. The molecule has 0 saturated carbocycles. The summed E-state index contributed by atoms with van der Waals surface area (Å²) in [6, 6.07) is 12.4. The summed E-state index contributed by atoms with van der Waals surface area (Å²) in [4.78, 5) is 61.1. The Morgan fingerprint density at radius 3 is 2.53 bits per heavy atom. The van der Waals surface area contributed by atoms with Crippen molar-refractivity contribution < 1.29 is 14.4 Å². The van der Waals surface area contributed by atoms with Crippen molar-refractivity contribution in [2.24, 2.45) is 7.05 Å². The molecule has 0 bridgehead atoms. The Bertz CT molecular complexity index is 1590. The van der Waals surface area contributed by atoms with E-state index in [9.17, 15) is 24.0 Å². The van der Waals surface area contributed by atoms with Gasteiger partial charge in [-0.15, -0.1) is 0 Å². The summed E-state index contributed by atoms with van der Waals surface area (Å²) in [6.45, 7) is 1.79. The van der Waals surface area contributed by atoms with Gasteiger partial charge in [0.05, 0.1) is 17.8 Å². The van der Waals surface area contributed by atoms with Gasteiger partial charge in [0.2, 0.25) is 5.91 Å². The number of nitrogens with one attached hydrogen (secondary N) is 2. The molecule has 10 heteroatoms. The molecule has 2 amide bonds. The molecule has 0 unspecified atom stereocenters. The smallest absolute Gasteiger partial charge is 0.319 e. The molecule has 3 aromatic rings. The van der Waals surface area contributed by atoms with Crippen LogP contribution in [-0.2, 0) is 29.6 Å². The third-order valence-corrected chi connectivity index (χ3v) is 6.09. The minimum absolute atomic E-state index is 0.121. The number of Topliss-reactive ketones (excluding diaryl/α,β-unsaturated/α-hetero) is 1. The summed E-state index contributed by atoms with van der Waals surface area (Å²) in [5.74, 6) is 3.83. The van der Waals surface area contributed by atoms with E-state index in [1.807, 2.05) is 31.2 Å². The van der Waals surface area contributed by atoms with Crippen LogP contribution in [-0.4, -0.2) is 26.7 Å². The van der Waals surface area contributed by atoms with Crippen LogP contribution in [0.15, 0.2) is 52.1 Å². The Labute approximate surface area is 210 Å². The lowest BCUT2D eigenvalue weighted by molar-refractivity contribution is -0.116. The van der Waals surface area contributed by atoms with Crippen LogP contribution >= 0.6 is 11.6 Å². The van der Waals surface area contributed by atoms with Gasteiger partial charge >= 0.3 is 5.69 Å². The van der Waals surface area contributed by atoms with Crippen molar-refractivity contribution in [1.82, 2.24) is 9.13 Å². The number of carbonyl (C=O) groups is 3. The second kappa shape index (κ2) is 10.1. The number of amides is 2. The average molecular weight is 505 g/mol. The highest BCUT2D eigenvalue weighted by atomic mass is 35.5. The van der Waals surface area contributed by atoms with E-state index in [-0.39, 0.29) is 29.4 Å². The SMILES string of the molecule is Cc1ccc(CCC(=O)Nc2c(Cl)n(CC#Cc3ccc4c(c3)C(=O)C(=O)N4)c(=O)n(C)c2=O)cc1. The molecule has 182 valence electrons. The van der Waals surface area contributed by atoms with Crippen molar-refractivity contribution >= 4 is 40.6 Å². The average Bonchev–Trinajstić information content (AvgIpc) is 3.15. The lowest BCUT2D eigenvalue weighted by Gasteiger charge is -2.13. The second-order valence-electron chi connectivity index (χ2n) is 8.28. The maximum Gasteiger partial charge on any atom is 0.332 e. The minimum Gasteiger partial charge on any atom is -0.319 e. The van der Waals surface area contributed by atoms with Crippen molar-refractivity contribution in [3.63, 3.8) is 0 Å². The van der Waals surface area contributed by atoms with Gasteiger partial charge in [-0.2, -0.15) is 0 Å². The first-order chi connectivity index (χ1) is 17.2. The van der Waals surface area contributed by atoms with Gasteiger partial charge in [0, 0.05) is 19.0 Å². The fraction of sp³-hybridized carbons (Fsp3) is 0.192. The van der Waals surface area contributed by atoms with Gasteiger partial charge in [0.15, 0.2) is 0 Å². The number of halogens is 1. The maximum absolute atomic E-state index is 12.6. The highest BCUT2D eigenvalue weighted by molar-refractivity contribution is 6.51. The van der Waals surface area contributed by atoms with E-state index in [1.54, 1.807) is 12.1 Å². The Hall–Kier alpha value is -4.42. The third-order valence-electron chi connectivity index (χ3n) is 5.69. The number of aryl methyl sites for hydroxylation is 2. The van der Waals surface area contributed by atoms with Crippen LogP contribution < -0.4 is 21.9 Å². The number of carbonyl (C=O) groups excluding carboxylic acids is 3. The molecule has 2 N–H and O–H groups in total. The van der Waals surface area contributed by atoms with E-state index in [0.717, 1.165) is 20.3 Å². The van der Waals surface area contributed by atoms with Crippen LogP contribution in [0.3, 0.4) is 0 Å². The van der Waals surface area contributed by atoms with Crippen molar-refractivity contribution in [2.75, 3.05) is 10.6 Å². The van der Waals surface area contributed by atoms with E-state index in [2.05, 4.69) is 22.5 Å². The van der Waals surface area contributed by atoms with E-state index < -0.39 is 28.8 Å². The van der Waals surface area contributed by atoms with Crippen LogP contribution in [0.5, 0.6) is 0 Å². The predicted molar refractivity (Wildman–Crippen MR) is 135 cm³/mol. The molecule has 2 aromatic carbocycles. The molecule has 0 aliphatic carbocycles. The predicted octanol–water partition coefficient (Wildman–Crippen LogP) is 2.27. The standard InChI is InChI=1S/C26H21ClN4O5/c1-15-5-7-16(8-6-15)10-12-20(32)29-21-23(27)31(26(36)30(2)25(21)35)13-3-4-17-9-11-19-18(14-17)22(33)24(34)28-19/h5-9,11,14H,10,12-13H2,1-2H3,(H,29,32)(H,28,33,34). The lowest BCUT2D eigenvalue weighted by Crippen LogP contribution is -2.40. The monoisotopic (exact) mass is 504 g/mol. The number of anilines is 2. The van der Waals surface area contributed by atoms with Crippen molar-refractivity contribution in [3.8, 4) is 11.8 Å². The Kier molecular flexibility index (Phi) is 6.90. The number of ketones is 1. The molecule has 0 radical (unpaired) electrons. The largest absolute Gasteiger partial charge is 0.332 e. The first-order valence-electron chi connectivity index (χ1n) is 11.0. The highest BCUT2D eigenvalue weighted by Crippen LogP contribution is 2.23. The lowest BCUT2D eigenvalue weighted by atomic mass is 10.1. The van der Waals surface area contributed by atoms with Gasteiger partial charge in [-0.3, -0.25) is 28.3 Å². The maximum atomic E-state index is 12.6. The molecule has 1 aromatic heterocycles. The summed E-state index contributed by atoms with van der Waals surface area (Å²) in [6.07, 6.45) is 0.593. The molecule has 36 heavy (non-hydrogen) atoms. The van der Waals surface area contributed by atoms with Gasteiger partial charge < -0.3 is 10.6 Å². The van der Waals surface area contributed by atoms with Crippen LogP contribution in [0.2, 0.25) is 5.15 Å². The Morgan fingerprint density at radius 2 is 1.81 bits per heavy atom. The fourth-order valence-electron chi connectivity index (χ4n) is 3.64. The van der Waals surface area contributed by atoms with Gasteiger partial charge in [0.1, 0.15) is 10.8 Å². The quantitative estimate of drug-likeness (QED) is 0.314. The molecule has 1 aliphatic heterocycles. The molecule has 9 nitrogen and oxygen atoms in total. The summed E-state index contributed by atoms with van der Waals surface area (Å²) < 4.78 is 1.91. The van der Waals surface area contributed by atoms with Gasteiger partial charge in [-0.05, 0) is 37.1 Å². The summed E-state index contributed by atoms with van der Waals surface area (Å²) >= 11 is 6.34. The topological polar surface area (TPSA) is 119 Å². The zero-order valence-corrected chi connectivity index (χ0v) is 20.2. The van der Waals surface area contributed by atoms with Crippen LogP contribution in [0.25, 0.3) is 0 Å². The second-order valence-corrected chi connectivity index (χ2v) is 8.64.